The Kier molecular flexibility index (Phi) is 3.57. The smallest absolute Gasteiger partial charge is 0.268 e. The van der Waals surface area contributed by atoms with Gasteiger partial charge in [-0.15, -0.1) is 0 Å². The van der Waals surface area contributed by atoms with Gasteiger partial charge in [-0.05, 0) is 44.6 Å². The van der Waals surface area contributed by atoms with Gasteiger partial charge in [0.25, 0.3) is 5.91 Å². The van der Waals surface area contributed by atoms with Gasteiger partial charge in [0.05, 0.1) is 0 Å². The van der Waals surface area contributed by atoms with Crippen LogP contribution in [0.4, 0.5) is 0 Å². The minimum Gasteiger partial charge on any atom is -0.348 e. The van der Waals surface area contributed by atoms with Crippen LogP contribution in [-0.2, 0) is 10.0 Å². The molecule has 3 rings (SSSR count). The van der Waals surface area contributed by atoms with Crippen LogP contribution in [0.2, 0.25) is 0 Å². The summed E-state index contributed by atoms with van der Waals surface area (Å²) in [5, 5.41) is 8.16. The Labute approximate surface area is 124 Å². The van der Waals surface area contributed by atoms with Crippen molar-refractivity contribution in [2.45, 2.75) is 56.0 Å². The Balaban J connectivity index is 1.82. The number of nitrogens with two attached hydrogens (primary N) is 1. The molecule has 1 aromatic heterocycles. The van der Waals surface area contributed by atoms with Gasteiger partial charge in [0.15, 0.2) is 0 Å². The maximum absolute atomic E-state index is 12.4. The zero-order valence-electron chi connectivity index (χ0n) is 12.1. The maximum Gasteiger partial charge on any atom is 0.268 e. The number of nitrogens with one attached hydrogen (secondary N) is 1. The summed E-state index contributed by atoms with van der Waals surface area (Å²) < 4.78 is 24.7. The number of nitrogens with zero attached hydrogens (tertiary/aromatic N) is 1. The number of primary sulfonamides is 1. The van der Waals surface area contributed by atoms with Crippen molar-refractivity contribution in [3.05, 3.63) is 18.0 Å². The largest absolute Gasteiger partial charge is 0.348 e. The predicted octanol–water partition coefficient (Wildman–Crippen LogP) is 1.39. The van der Waals surface area contributed by atoms with E-state index < -0.39 is 10.0 Å². The van der Waals surface area contributed by atoms with Gasteiger partial charge in [-0.25, -0.2) is 13.6 Å². The Morgan fingerprint density at radius 1 is 1.38 bits per heavy atom. The SMILES string of the molecule is CC(NC(=O)c1cc(S(N)(=O)=O)cn1C1CC1)C1CCC1. The first-order chi connectivity index (χ1) is 9.86. The molecule has 2 aliphatic carbocycles. The quantitative estimate of drug-likeness (QED) is 0.860. The zero-order chi connectivity index (χ0) is 15.2. The summed E-state index contributed by atoms with van der Waals surface area (Å²) in [6.45, 7) is 2.01. The molecule has 0 spiro atoms. The lowest BCUT2D eigenvalue weighted by atomic mass is 9.80. The monoisotopic (exact) mass is 311 g/mol. The van der Waals surface area contributed by atoms with Crippen molar-refractivity contribution in [2.24, 2.45) is 11.1 Å². The first-order valence-electron chi connectivity index (χ1n) is 7.42. The molecule has 2 fully saturated rings. The first kappa shape index (κ1) is 14.6. The normalized spacial score (nSPS) is 20.9. The van der Waals surface area contributed by atoms with Gasteiger partial charge in [-0.1, -0.05) is 6.42 Å². The number of rotatable bonds is 5. The molecule has 1 amide bonds. The van der Waals surface area contributed by atoms with E-state index in [1.54, 1.807) is 4.57 Å². The van der Waals surface area contributed by atoms with Crippen molar-refractivity contribution >= 4 is 15.9 Å². The highest BCUT2D eigenvalue weighted by molar-refractivity contribution is 7.89. The molecule has 0 saturated heterocycles. The van der Waals surface area contributed by atoms with Crippen LogP contribution in [0.3, 0.4) is 0 Å². The Bertz CT molecular complexity index is 657. The molecule has 0 aromatic carbocycles. The minimum absolute atomic E-state index is 0.0100. The summed E-state index contributed by atoms with van der Waals surface area (Å²) in [5.41, 5.74) is 0.396. The molecular formula is C14H21N3O3S. The van der Waals surface area contributed by atoms with Gasteiger partial charge in [0.2, 0.25) is 10.0 Å². The molecular weight excluding hydrogens is 290 g/mol. The summed E-state index contributed by atoms with van der Waals surface area (Å²) in [4.78, 5) is 12.4. The van der Waals surface area contributed by atoms with Crippen LogP contribution < -0.4 is 10.5 Å². The van der Waals surface area contributed by atoms with E-state index in [2.05, 4.69) is 5.32 Å². The number of hydrogen-bond donors (Lipinski definition) is 2. The lowest BCUT2D eigenvalue weighted by molar-refractivity contribution is 0.0899. The third-order valence-corrected chi connectivity index (χ3v) is 5.42. The second kappa shape index (κ2) is 5.14. The molecule has 0 aliphatic heterocycles. The number of aromatic nitrogens is 1. The molecule has 2 aliphatic rings. The molecule has 21 heavy (non-hydrogen) atoms. The summed E-state index contributed by atoms with van der Waals surface area (Å²) in [7, 11) is -3.78. The average Bonchev–Trinajstić information content (AvgIpc) is 3.03. The van der Waals surface area contributed by atoms with Crippen LogP contribution >= 0.6 is 0 Å². The van der Waals surface area contributed by atoms with Crippen molar-refractivity contribution in [1.82, 2.24) is 9.88 Å². The lowest BCUT2D eigenvalue weighted by Crippen LogP contribution is -2.41. The van der Waals surface area contributed by atoms with E-state index >= 15 is 0 Å². The van der Waals surface area contributed by atoms with Crippen molar-refractivity contribution in [1.29, 1.82) is 0 Å². The van der Waals surface area contributed by atoms with E-state index in [-0.39, 0.29) is 22.9 Å². The molecule has 1 heterocycles. The van der Waals surface area contributed by atoms with Crippen LogP contribution in [-0.4, -0.2) is 24.9 Å². The van der Waals surface area contributed by atoms with E-state index in [1.807, 2.05) is 6.92 Å². The predicted molar refractivity (Wildman–Crippen MR) is 78.3 cm³/mol. The van der Waals surface area contributed by atoms with E-state index in [1.165, 1.54) is 18.7 Å². The summed E-state index contributed by atoms with van der Waals surface area (Å²) in [6.07, 6.45) is 6.93. The lowest BCUT2D eigenvalue weighted by Gasteiger charge is -2.31. The highest BCUT2D eigenvalue weighted by Crippen LogP contribution is 2.37. The van der Waals surface area contributed by atoms with E-state index in [0.29, 0.717) is 11.6 Å². The number of carbonyl (C=O) groups excluding carboxylic acids is 1. The fourth-order valence-electron chi connectivity index (χ4n) is 2.78. The van der Waals surface area contributed by atoms with Crippen molar-refractivity contribution in [3.8, 4) is 0 Å². The second-order valence-electron chi connectivity index (χ2n) is 6.20. The summed E-state index contributed by atoms with van der Waals surface area (Å²) in [6, 6.07) is 1.73. The Hall–Kier alpha value is -1.34. The number of sulfonamides is 1. The molecule has 7 heteroatoms. The molecule has 1 unspecified atom stereocenters. The minimum atomic E-state index is -3.78. The molecule has 6 nitrogen and oxygen atoms in total. The molecule has 1 aromatic rings. The van der Waals surface area contributed by atoms with Crippen molar-refractivity contribution in [2.75, 3.05) is 0 Å². The fraction of sp³-hybridized carbons (Fsp3) is 0.643. The Morgan fingerprint density at radius 2 is 2.05 bits per heavy atom. The van der Waals surface area contributed by atoms with Crippen LogP contribution in [0.1, 0.15) is 55.6 Å². The first-order valence-corrected chi connectivity index (χ1v) is 8.96. The van der Waals surface area contributed by atoms with Gasteiger partial charge in [-0.2, -0.15) is 0 Å². The van der Waals surface area contributed by atoms with Crippen molar-refractivity contribution < 1.29 is 13.2 Å². The fourth-order valence-corrected chi connectivity index (χ4v) is 3.32. The third kappa shape index (κ3) is 2.98. The van der Waals surface area contributed by atoms with E-state index in [4.69, 9.17) is 5.14 Å². The summed E-state index contributed by atoms with van der Waals surface area (Å²) in [5.74, 6) is 0.326. The zero-order valence-corrected chi connectivity index (χ0v) is 12.9. The second-order valence-corrected chi connectivity index (χ2v) is 7.76. The maximum atomic E-state index is 12.4. The van der Waals surface area contributed by atoms with Gasteiger partial charge in [0.1, 0.15) is 10.6 Å². The van der Waals surface area contributed by atoms with Crippen LogP contribution in [0, 0.1) is 5.92 Å². The van der Waals surface area contributed by atoms with Gasteiger partial charge >= 0.3 is 0 Å². The standard InChI is InChI=1S/C14H21N3O3S/c1-9(10-3-2-4-10)16-14(18)13-7-12(21(15,19)20)8-17(13)11-5-6-11/h7-11H,2-6H2,1H3,(H,16,18)(H2,15,19,20). The van der Waals surface area contributed by atoms with Crippen LogP contribution in [0.5, 0.6) is 0 Å². The van der Waals surface area contributed by atoms with Crippen LogP contribution in [0.25, 0.3) is 0 Å². The average molecular weight is 311 g/mol. The Morgan fingerprint density at radius 3 is 2.52 bits per heavy atom. The molecule has 116 valence electrons. The molecule has 2 saturated carbocycles. The van der Waals surface area contributed by atoms with Gasteiger partial charge < -0.3 is 9.88 Å². The van der Waals surface area contributed by atoms with E-state index in [0.717, 1.165) is 25.7 Å². The number of hydrogen-bond acceptors (Lipinski definition) is 3. The number of carbonyl (C=O) groups is 1. The molecule has 3 N–H and O–H groups in total. The van der Waals surface area contributed by atoms with Gasteiger partial charge in [0, 0.05) is 18.3 Å². The highest BCUT2D eigenvalue weighted by atomic mass is 32.2. The van der Waals surface area contributed by atoms with Gasteiger partial charge in [-0.3, -0.25) is 4.79 Å². The number of amides is 1. The van der Waals surface area contributed by atoms with Crippen LogP contribution in [0.15, 0.2) is 17.2 Å². The topological polar surface area (TPSA) is 94.2 Å². The summed E-state index contributed by atoms with van der Waals surface area (Å²) >= 11 is 0. The molecule has 0 radical (unpaired) electrons. The molecule has 0 bridgehead atoms. The third-order valence-electron chi connectivity index (χ3n) is 4.54. The van der Waals surface area contributed by atoms with E-state index in [9.17, 15) is 13.2 Å². The van der Waals surface area contributed by atoms with Crippen molar-refractivity contribution in [3.63, 3.8) is 0 Å². The molecule has 1 atom stereocenters. The highest BCUT2D eigenvalue weighted by Gasteiger charge is 2.31.